The summed E-state index contributed by atoms with van der Waals surface area (Å²) in [5.74, 6) is 0.0277. The van der Waals surface area contributed by atoms with E-state index in [1.165, 1.54) is 0 Å². The van der Waals surface area contributed by atoms with Gasteiger partial charge in [0.1, 0.15) is 0 Å². The number of hydrogen-bond donors (Lipinski definition) is 2. The van der Waals surface area contributed by atoms with E-state index in [0.717, 1.165) is 33.7 Å². The largest absolute Gasteiger partial charge is 0.348 e. The second-order valence-electron chi connectivity index (χ2n) is 3.71. The van der Waals surface area contributed by atoms with Gasteiger partial charge in [-0.05, 0) is 41.9 Å². The van der Waals surface area contributed by atoms with Crippen LogP contribution >= 0.6 is 27.3 Å². The average Bonchev–Trinajstić information content (AvgIpc) is 2.75. The summed E-state index contributed by atoms with van der Waals surface area (Å²) in [4.78, 5) is 13.0. The number of halogens is 1. The number of aryl methyl sites for hydroxylation is 1. The van der Waals surface area contributed by atoms with Crippen molar-refractivity contribution < 1.29 is 4.79 Å². The van der Waals surface area contributed by atoms with Crippen LogP contribution in [0.5, 0.6) is 0 Å². The molecule has 0 spiro atoms. The highest BCUT2D eigenvalue weighted by atomic mass is 79.9. The summed E-state index contributed by atoms with van der Waals surface area (Å²) >= 11 is 5.00. The Morgan fingerprint density at radius 2 is 2.53 bits per heavy atom. The van der Waals surface area contributed by atoms with E-state index in [1.54, 1.807) is 11.3 Å². The maximum absolute atomic E-state index is 11.9. The average molecular weight is 289 g/mol. The molecule has 1 amide bonds. The van der Waals surface area contributed by atoms with Crippen LogP contribution in [0.2, 0.25) is 0 Å². The van der Waals surface area contributed by atoms with E-state index in [-0.39, 0.29) is 11.9 Å². The van der Waals surface area contributed by atoms with Gasteiger partial charge in [0.15, 0.2) is 0 Å². The first-order chi connectivity index (χ1) is 7.16. The molecule has 0 bridgehead atoms. The van der Waals surface area contributed by atoms with Gasteiger partial charge in [-0.1, -0.05) is 0 Å². The van der Waals surface area contributed by atoms with Crippen molar-refractivity contribution in [3.8, 4) is 0 Å². The molecule has 1 aliphatic heterocycles. The predicted octanol–water partition coefficient (Wildman–Crippen LogP) is 1.91. The van der Waals surface area contributed by atoms with Crippen molar-refractivity contribution in [1.29, 1.82) is 0 Å². The fourth-order valence-electron chi connectivity index (χ4n) is 1.68. The molecule has 2 heterocycles. The Bertz CT molecular complexity index is 371. The number of carbonyl (C=O) groups excluding carboxylic acids is 1. The number of rotatable bonds is 2. The molecule has 1 aromatic rings. The van der Waals surface area contributed by atoms with Crippen molar-refractivity contribution in [3.05, 3.63) is 20.3 Å². The fraction of sp³-hybridized carbons (Fsp3) is 0.500. The van der Waals surface area contributed by atoms with E-state index < -0.39 is 0 Å². The zero-order chi connectivity index (χ0) is 10.8. The smallest absolute Gasteiger partial charge is 0.253 e. The van der Waals surface area contributed by atoms with Gasteiger partial charge >= 0.3 is 0 Å². The molecular weight excluding hydrogens is 276 g/mol. The lowest BCUT2D eigenvalue weighted by Gasteiger charge is -2.10. The third-order valence-corrected chi connectivity index (χ3v) is 4.20. The summed E-state index contributed by atoms with van der Waals surface area (Å²) in [6.45, 7) is 3.88. The van der Waals surface area contributed by atoms with Gasteiger partial charge in [-0.2, -0.15) is 0 Å². The van der Waals surface area contributed by atoms with Crippen LogP contribution in [-0.4, -0.2) is 25.0 Å². The van der Waals surface area contributed by atoms with Crippen LogP contribution in [0, 0.1) is 6.92 Å². The maximum Gasteiger partial charge on any atom is 0.253 e. The highest BCUT2D eigenvalue weighted by molar-refractivity contribution is 9.11. The number of hydrogen-bond acceptors (Lipinski definition) is 3. The molecule has 2 rings (SSSR count). The first kappa shape index (κ1) is 11.1. The molecule has 1 unspecified atom stereocenters. The molecule has 0 aliphatic carbocycles. The molecule has 1 atom stereocenters. The van der Waals surface area contributed by atoms with Crippen molar-refractivity contribution in [3.63, 3.8) is 0 Å². The van der Waals surface area contributed by atoms with Crippen LogP contribution in [0.4, 0.5) is 0 Å². The van der Waals surface area contributed by atoms with Crippen LogP contribution < -0.4 is 10.6 Å². The molecule has 1 saturated heterocycles. The minimum Gasteiger partial charge on any atom is -0.348 e. The first-order valence-electron chi connectivity index (χ1n) is 4.94. The third-order valence-electron chi connectivity index (χ3n) is 2.45. The Hall–Kier alpha value is -0.390. The molecular formula is C10H13BrN2OS. The summed E-state index contributed by atoms with van der Waals surface area (Å²) in [6.07, 6.45) is 1.02. The van der Waals surface area contributed by atoms with Crippen LogP contribution in [0.15, 0.2) is 9.85 Å². The lowest BCUT2D eigenvalue weighted by atomic mass is 10.2. The van der Waals surface area contributed by atoms with Gasteiger partial charge in [0.05, 0.1) is 9.35 Å². The Balaban J connectivity index is 2.03. The monoisotopic (exact) mass is 288 g/mol. The van der Waals surface area contributed by atoms with E-state index in [4.69, 9.17) is 0 Å². The van der Waals surface area contributed by atoms with Gasteiger partial charge in [0.25, 0.3) is 5.91 Å². The van der Waals surface area contributed by atoms with Gasteiger partial charge in [0, 0.05) is 17.5 Å². The molecule has 82 valence electrons. The van der Waals surface area contributed by atoms with Gasteiger partial charge in [-0.25, -0.2) is 0 Å². The van der Waals surface area contributed by atoms with Gasteiger partial charge in [0.2, 0.25) is 0 Å². The van der Waals surface area contributed by atoms with E-state index in [1.807, 2.05) is 13.0 Å². The van der Waals surface area contributed by atoms with Crippen LogP contribution in [0.3, 0.4) is 0 Å². The highest BCUT2D eigenvalue weighted by Gasteiger charge is 2.19. The van der Waals surface area contributed by atoms with E-state index >= 15 is 0 Å². The lowest BCUT2D eigenvalue weighted by molar-refractivity contribution is 0.0940. The van der Waals surface area contributed by atoms with Crippen LogP contribution in [0.25, 0.3) is 0 Å². The molecule has 3 nitrogen and oxygen atoms in total. The van der Waals surface area contributed by atoms with Gasteiger partial charge in [-0.3, -0.25) is 4.79 Å². The Morgan fingerprint density at radius 1 is 1.73 bits per heavy atom. The normalized spacial score (nSPS) is 20.5. The molecule has 1 aromatic heterocycles. The van der Waals surface area contributed by atoms with Crippen molar-refractivity contribution in [1.82, 2.24) is 10.6 Å². The molecule has 5 heteroatoms. The zero-order valence-electron chi connectivity index (χ0n) is 8.47. The number of amides is 1. The van der Waals surface area contributed by atoms with Gasteiger partial charge in [-0.15, -0.1) is 11.3 Å². The van der Waals surface area contributed by atoms with Gasteiger partial charge < -0.3 is 10.6 Å². The SMILES string of the molecule is Cc1cc(C(=O)NC2CCNC2)c(Br)s1. The Morgan fingerprint density at radius 3 is 3.07 bits per heavy atom. The summed E-state index contributed by atoms with van der Waals surface area (Å²) in [5, 5.41) is 6.25. The summed E-state index contributed by atoms with van der Waals surface area (Å²) in [5.41, 5.74) is 0.754. The highest BCUT2D eigenvalue weighted by Crippen LogP contribution is 2.27. The first-order valence-corrected chi connectivity index (χ1v) is 6.55. The molecule has 1 fully saturated rings. The van der Waals surface area contributed by atoms with E-state index in [2.05, 4.69) is 26.6 Å². The van der Waals surface area contributed by atoms with Crippen molar-refractivity contribution in [2.45, 2.75) is 19.4 Å². The topological polar surface area (TPSA) is 41.1 Å². The molecule has 0 aromatic carbocycles. The van der Waals surface area contributed by atoms with E-state index in [0.29, 0.717) is 0 Å². The Kier molecular flexibility index (Phi) is 3.43. The zero-order valence-corrected chi connectivity index (χ0v) is 10.9. The van der Waals surface area contributed by atoms with Crippen LogP contribution in [-0.2, 0) is 0 Å². The second kappa shape index (κ2) is 4.63. The minimum absolute atomic E-state index is 0.0277. The fourth-order valence-corrected chi connectivity index (χ4v) is 3.46. The maximum atomic E-state index is 11.9. The summed E-state index contributed by atoms with van der Waals surface area (Å²) < 4.78 is 0.920. The van der Waals surface area contributed by atoms with Crippen molar-refractivity contribution in [2.24, 2.45) is 0 Å². The number of carbonyl (C=O) groups is 1. The summed E-state index contributed by atoms with van der Waals surface area (Å²) in [6, 6.07) is 2.21. The van der Waals surface area contributed by atoms with Crippen molar-refractivity contribution in [2.75, 3.05) is 13.1 Å². The lowest BCUT2D eigenvalue weighted by Crippen LogP contribution is -2.36. The molecule has 1 aliphatic rings. The number of nitrogens with one attached hydrogen (secondary N) is 2. The predicted molar refractivity (Wildman–Crippen MR) is 65.5 cm³/mol. The number of thiophene rings is 1. The molecule has 0 radical (unpaired) electrons. The Labute approximate surface area is 101 Å². The second-order valence-corrected chi connectivity index (χ2v) is 6.28. The molecule has 15 heavy (non-hydrogen) atoms. The van der Waals surface area contributed by atoms with E-state index in [9.17, 15) is 4.79 Å². The molecule has 2 N–H and O–H groups in total. The summed E-state index contributed by atoms with van der Waals surface area (Å²) in [7, 11) is 0. The molecule has 0 saturated carbocycles. The minimum atomic E-state index is 0.0277. The van der Waals surface area contributed by atoms with Crippen molar-refractivity contribution >= 4 is 33.2 Å². The quantitative estimate of drug-likeness (QED) is 0.873. The standard InChI is InChI=1S/C10H13BrN2OS/c1-6-4-8(9(11)15-6)10(14)13-7-2-3-12-5-7/h4,7,12H,2-3,5H2,1H3,(H,13,14). The third kappa shape index (κ3) is 2.59. The van der Waals surface area contributed by atoms with Crippen LogP contribution in [0.1, 0.15) is 21.7 Å².